The molecule has 0 amide bonds. The molecule has 6 heteroatoms. The Kier molecular flexibility index (Phi) is 62.9. The van der Waals surface area contributed by atoms with E-state index in [2.05, 4.69) is 167 Å². The highest BCUT2D eigenvalue weighted by atomic mass is 16.6. The van der Waals surface area contributed by atoms with Crippen molar-refractivity contribution in [1.29, 1.82) is 0 Å². The third-order valence-electron chi connectivity index (χ3n) is 13.5. The van der Waals surface area contributed by atoms with Gasteiger partial charge in [-0.1, -0.05) is 276 Å². The lowest BCUT2D eigenvalue weighted by atomic mass is 10.1. The Morgan fingerprint density at radius 2 is 0.512 bits per heavy atom. The molecule has 0 aliphatic heterocycles. The number of hydrogen-bond acceptors (Lipinski definition) is 6. The number of carbonyl (C=O) groups excluding carboxylic acids is 3. The van der Waals surface area contributed by atoms with E-state index < -0.39 is 6.10 Å². The standard InChI is InChI=1S/C74H120O6/c1-4-7-10-13-16-19-22-25-27-28-29-30-31-32-33-34-35-36-37-38-39-40-41-42-43-44-45-46-47-50-52-55-58-61-64-67-73(76)79-70-71(69-78-72(75)66-63-60-57-54-51-48-24-21-18-15-12-9-6-3)80-74(77)68-65-62-59-56-53-49-26-23-20-17-14-11-8-5-2/h7,10,12,14-17,19,21,23-27,29-30,32-33,35-36,38-39,41-42,71H,4-6,8-9,11,13,18,20,22,28,31,34,37,40,43-70H2,1-3H3/b10-7-,15-12-,17-14-,19-16-,24-21-,26-23-,27-25-,30-29-,33-32-,36-35-,39-38-,42-41-. The summed E-state index contributed by atoms with van der Waals surface area (Å²) in [6, 6.07) is 0. The lowest BCUT2D eigenvalue weighted by molar-refractivity contribution is -0.167. The van der Waals surface area contributed by atoms with Crippen LogP contribution < -0.4 is 0 Å². The van der Waals surface area contributed by atoms with Crippen molar-refractivity contribution >= 4 is 17.9 Å². The molecule has 80 heavy (non-hydrogen) atoms. The first-order chi connectivity index (χ1) is 39.5. The van der Waals surface area contributed by atoms with Crippen molar-refractivity contribution in [2.24, 2.45) is 0 Å². The number of carbonyl (C=O) groups is 3. The van der Waals surface area contributed by atoms with Gasteiger partial charge in [-0.05, 0) is 135 Å². The number of esters is 3. The summed E-state index contributed by atoms with van der Waals surface area (Å²) in [6.45, 7) is 6.39. The van der Waals surface area contributed by atoms with E-state index in [9.17, 15) is 14.4 Å². The molecule has 0 bridgehead atoms. The number of ether oxygens (including phenoxy) is 3. The SMILES string of the molecule is CC/C=C\C/C=C\C/C=C\C/C=C\C/C=C\C/C=C\C/C=C\C/C=C\CCCCCCCCCCCCC(=O)OCC(COC(=O)CCCCCCC/C=C\C/C=C\CCC)OC(=O)CCCCCCC/C=C\C/C=C\CCCC. The van der Waals surface area contributed by atoms with Crippen LogP contribution in [0.3, 0.4) is 0 Å². The number of hydrogen-bond donors (Lipinski definition) is 0. The van der Waals surface area contributed by atoms with Crippen LogP contribution in [-0.4, -0.2) is 37.2 Å². The molecule has 1 unspecified atom stereocenters. The van der Waals surface area contributed by atoms with Crippen LogP contribution in [0.4, 0.5) is 0 Å². The minimum absolute atomic E-state index is 0.0939. The van der Waals surface area contributed by atoms with Gasteiger partial charge in [-0.2, -0.15) is 0 Å². The Balaban J connectivity index is 4.23. The minimum Gasteiger partial charge on any atom is -0.462 e. The molecule has 0 rings (SSSR count). The number of allylic oxidation sites excluding steroid dienone is 24. The van der Waals surface area contributed by atoms with E-state index in [0.717, 1.165) is 173 Å². The lowest BCUT2D eigenvalue weighted by Crippen LogP contribution is -2.30. The predicted molar refractivity (Wildman–Crippen MR) is 348 cm³/mol. The minimum atomic E-state index is -0.798. The molecule has 0 saturated carbocycles. The molecule has 452 valence electrons. The highest BCUT2D eigenvalue weighted by Crippen LogP contribution is 2.15. The molecule has 0 aromatic rings. The van der Waals surface area contributed by atoms with Crippen LogP contribution in [-0.2, 0) is 28.6 Å². The summed E-state index contributed by atoms with van der Waals surface area (Å²) >= 11 is 0. The van der Waals surface area contributed by atoms with Crippen LogP contribution in [0.5, 0.6) is 0 Å². The molecule has 0 aromatic carbocycles. The summed E-state index contributed by atoms with van der Waals surface area (Å²) in [4.78, 5) is 38.2. The first kappa shape index (κ1) is 75.3. The molecule has 0 radical (unpaired) electrons. The maximum atomic E-state index is 12.9. The van der Waals surface area contributed by atoms with Crippen molar-refractivity contribution in [3.05, 3.63) is 146 Å². The molecule has 0 fully saturated rings. The van der Waals surface area contributed by atoms with E-state index >= 15 is 0 Å². The Bertz CT molecular complexity index is 1750. The van der Waals surface area contributed by atoms with E-state index in [4.69, 9.17) is 14.2 Å². The Labute approximate surface area is 493 Å². The topological polar surface area (TPSA) is 78.9 Å². The Hall–Kier alpha value is -4.71. The van der Waals surface area contributed by atoms with Crippen LogP contribution in [0.25, 0.3) is 0 Å². The zero-order valence-electron chi connectivity index (χ0n) is 51.8. The fraction of sp³-hybridized carbons (Fsp3) is 0.635. The van der Waals surface area contributed by atoms with Crippen molar-refractivity contribution in [1.82, 2.24) is 0 Å². The Morgan fingerprint density at radius 1 is 0.263 bits per heavy atom. The summed E-state index contributed by atoms with van der Waals surface area (Å²) in [5.74, 6) is -0.927. The van der Waals surface area contributed by atoms with E-state index in [1.165, 1.54) is 70.6 Å². The average molecular weight is 1110 g/mol. The van der Waals surface area contributed by atoms with Gasteiger partial charge in [-0.15, -0.1) is 0 Å². The van der Waals surface area contributed by atoms with Crippen molar-refractivity contribution in [2.75, 3.05) is 13.2 Å². The smallest absolute Gasteiger partial charge is 0.306 e. The number of unbranched alkanes of at least 4 members (excludes halogenated alkanes) is 23. The molecule has 0 N–H and O–H groups in total. The highest BCUT2D eigenvalue weighted by Gasteiger charge is 2.19. The van der Waals surface area contributed by atoms with E-state index in [1.54, 1.807) is 0 Å². The van der Waals surface area contributed by atoms with Crippen molar-refractivity contribution < 1.29 is 28.6 Å². The van der Waals surface area contributed by atoms with Crippen LogP contribution in [0.2, 0.25) is 0 Å². The molecule has 0 heterocycles. The van der Waals surface area contributed by atoms with Crippen LogP contribution >= 0.6 is 0 Å². The summed E-state index contributed by atoms with van der Waals surface area (Å²) in [5.41, 5.74) is 0. The second-order valence-corrected chi connectivity index (χ2v) is 21.3. The largest absolute Gasteiger partial charge is 0.462 e. The normalized spacial score (nSPS) is 13.1. The molecular weight excluding hydrogens is 985 g/mol. The van der Waals surface area contributed by atoms with Gasteiger partial charge in [0.1, 0.15) is 13.2 Å². The fourth-order valence-corrected chi connectivity index (χ4v) is 8.63. The predicted octanol–water partition coefficient (Wildman–Crippen LogP) is 22.7. The lowest BCUT2D eigenvalue weighted by Gasteiger charge is -2.18. The van der Waals surface area contributed by atoms with Crippen molar-refractivity contribution in [2.45, 2.75) is 290 Å². The van der Waals surface area contributed by atoms with E-state index in [0.29, 0.717) is 19.3 Å². The van der Waals surface area contributed by atoms with Crippen molar-refractivity contribution in [3.63, 3.8) is 0 Å². The molecular formula is C74H120O6. The average Bonchev–Trinajstić information content (AvgIpc) is 3.46. The molecule has 0 aromatic heterocycles. The second kappa shape index (κ2) is 66.8. The molecule has 0 spiro atoms. The van der Waals surface area contributed by atoms with E-state index in [1.807, 2.05) is 0 Å². The van der Waals surface area contributed by atoms with Gasteiger partial charge < -0.3 is 14.2 Å². The van der Waals surface area contributed by atoms with Gasteiger partial charge in [0.05, 0.1) is 0 Å². The zero-order chi connectivity index (χ0) is 57.8. The van der Waals surface area contributed by atoms with Gasteiger partial charge in [0, 0.05) is 19.3 Å². The molecule has 0 aliphatic rings. The monoisotopic (exact) mass is 1100 g/mol. The van der Waals surface area contributed by atoms with E-state index in [-0.39, 0.29) is 31.1 Å². The molecule has 0 aliphatic carbocycles. The summed E-state index contributed by atoms with van der Waals surface area (Å²) in [5, 5.41) is 0. The third kappa shape index (κ3) is 64.1. The van der Waals surface area contributed by atoms with Crippen LogP contribution in [0, 0.1) is 0 Å². The summed E-state index contributed by atoms with van der Waals surface area (Å²) < 4.78 is 16.9. The summed E-state index contributed by atoms with van der Waals surface area (Å²) in [7, 11) is 0. The maximum absolute atomic E-state index is 12.9. The summed E-state index contributed by atoms with van der Waals surface area (Å²) in [6.07, 6.45) is 95.8. The Morgan fingerprint density at radius 3 is 0.812 bits per heavy atom. The van der Waals surface area contributed by atoms with Gasteiger partial charge in [0.2, 0.25) is 0 Å². The van der Waals surface area contributed by atoms with Gasteiger partial charge in [0.25, 0.3) is 0 Å². The third-order valence-corrected chi connectivity index (χ3v) is 13.5. The first-order valence-corrected chi connectivity index (χ1v) is 32.8. The maximum Gasteiger partial charge on any atom is 0.306 e. The van der Waals surface area contributed by atoms with Gasteiger partial charge in [-0.25, -0.2) is 0 Å². The van der Waals surface area contributed by atoms with Gasteiger partial charge in [-0.3, -0.25) is 14.4 Å². The van der Waals surface area contributed by atoms with Gasteiger partial charge in [0.15, 0.2) is 6.10 Å². The number of rotatable bonds is 58. The van der Waals surface area contributed by atoms with Gasteiger partial charge >= 0.3 is 17.9 Å². The van der Waals surface area contributed by atoms with Crippen LogP contribution in [0.1, 0.15) is 284 Å². The second-order valence-electron chi connectivity index (χ2n) is 21.3. The van der Waals surface area contributed by atoms with Crippen molar-refractivity contribution in [3.8, 4) is 0 Å². The molecule has 6 nitrogen and oxygen atoms in total. The molecule has 0 saturated heterocycles. The highest BCUT2D eigenvalue weighted by molar-refractivity contribution is 5.71. The first-order valence-electron chi connectivity index (χ1n) is 32.8. The molecule has 1 atom stereocenters. The van der Waals surface area contributed by atoms with Crippen LogP contribution in [0.15, 0.2) is 146 Å². The quantitative estimate of drug-likeness (QED) is 0.0261. The fourth-order valence-electron chi connectivity index (χ4n) is 8.63. The zero-order valence-corrected chi connectivity index (χ0v) is 51.8.